The molecule has 1 aliphatic heterocycles. The summed E-state index contributed by atoms with van der Waals surface area (Å²) < 4.78 is 9.82. The number of rotatable bonds is 6. The van der Waals surface area contributed by atoms with E-state index in [2.05, 4.69) is 10.6 Å². The second-order valence-electron chi connectivity index (χ2n) is 5.85. The first-order valence-corrected chi connectivity index (χ1v) is 8.30. The normalized spacial score (nSPS) is 14.5. The van der Waals surface area contributed by atoms with E-state index in [1.165, 1.54) is 0 Å². The Morgan fingerprint density at radius 2 is 1.85 bits per heavy atom. The van der Waals surface area contributed by atoms with Crippen LogP contribution >= 0.6 is 0 Å². The number of cyclic esters (lactones) is 1. The molecule has 0 spiro atoms. The quantitative estimate of drug-likeness (QED) is 0.816. The van der Waals surface area contributed by atoms with Crippen molar-refractivity contribution in [2.75, 3.05) is 25.6 Å². The van der Waals surface area contributed by atoms with Crippen LogP contribution in [0.3, 0.4) is 0 Å². The van der Waals surface area contributed by atoms with Crippen molar-refractivity contribution in [3.8, 4) is 5.75 Å². The number of urea groups is 1. The Morgan fingerprint density at radius 1 is 1.15 bits per heavy atom. The maximum absolute atomic E-state index is 12.4. The van der Waals surface area contributed by atoms with E-state index in [9.17, 15) is 14.4 Å². The fraction of sp³-hybridized carbons (Fsp3) is 0.211. The first kappa shape index (κ1) is 18.2. The van der Waals surface area contributed by atoms with Crippen molar-refractivity contribution in [2.24, 2.45) is 0 Å². The zero-order valence-corrected chi connectivity index (χ0v) is 14.7. The van der Waals surface area contributed by atoms with E-state index < -0.39 is 24.1 Å². The van der Waals surface area contributed by atoms with Crippen molar-refractivity contribution in [3.05, 3.63) is 60.2 Å². The van der Waals surface area contributed by atoms with Gasteiger partial charge in [-0.15, -0.1) is 0 Å². The van der Waals surface area contributed by atoms with Crippen molar-refractivity contribution >= 4 is 23.7 Å². The smallest absolute Gasteiger partial charge is 0.417 e. The van der Waals surface area contributed by atoms with E-state index in [0.29, 0.717) is 11.4 Å². The number of amides is 4. The molecule has 2 N–H and O–H groups in total. The fourth-order valence-corrected chi connectivity index (χ4v) is 2.66. The molecule has 0 aromatic heterocycles. The van der Waals surface area contributed by atoms with Gasteiger partial charge < -0.3 is 20.1 Å². The van der Waals surface area contributed by atoms with Gasteiger partial charge in [0, 0.05) is 5.69 Å². The summed E-state index contributed by atoms with van der Waals surface area (Å²) in [6, 6.07) is 14.9. The second-order valence-corrected chi connectivity index (χ2v) is 5.85. The average Bonchev–Trinajstić information content (AvgIpc) is 3.00. The fourth-order valence-electron chi connectivity index (χ4n) is 2.66. The lowest BCUT2D eigenvalue weighted by atomic mass is 10.1. The van der Waals surface area contributed by atoms with Crippen LogP contribution in [-0.4, -0.2) is 43.2 Å². The summed E-state index contributed by atoms with van der Waals surface area (Å²) >= 11 is 0. The van der Waals surface area contributed by atoms with Gasteiger partial charge in [0.1, 0.15) is 5.75 Å². The van der Waals surface area contributed by atoms with Gasteiger partial charge in [-0.1, -0.05) is 30.3 Å². The number of carbonyl (C=O) groups excluding carboxylic acids is 3. The molecule has 4 amide bonds. The molecule has 1 saturated heterocycles. The highest BCUT2D eigenvalue weighted by Gasteiger charge is 2.33. The van der Waals surface area contributed by atoms with Gasteiger partial charge in [-0.25, -0.2) is 14.5 Å². The van der Waals surface area contributed by atoms with Gasteiger partial charge in [0.05, 0.1) is 19.7 Å². The number of benzene rings is 2. The minimum Gasteiger partial charge on any atom is -0.497 e. The minimum absolute atomic E-state index is 0.0162. The average molecular weight is 369 g/mol. The van der Waals surface area contributed by atoms with Crippen molar-refractivity contribution < 1.29 is 23.9 Å². The predicted octanol–water partition coefficient (Wildman–Crippen LogP) is 2.54. The first-order chi connectivity index (χ1) is 13.1. The molecule has 3 rings (SSSR count). The Morgan fingerprint density at radius 3 is 2.44 bits per heavy atom. The summed E-state index contributed by atoms with van der Waals surface area (Å²) in [7, 11) is 1.56. The predicted molar refractivity (Wildman–Crippen MR) is 97.4 cm³/mol. The molecule has 1 aliphatic rings. The number of imide groups is 1. The molecule has 0 aliphatic carbocycles. The maximum Gasteiger partial charge on any atom is 0.417 e. The van der Waals surface area contributed by atoms with Gasteiger partial charge in [0.2, 0.25) is 0 Å². The number of anilines is 1. The molecular weight excluding hydrogens is 350 g/mol. The van der Waals surface area contributed by atoms with Crippen molar-refractivity contribution in [2.45, 2.75) is 6.04 Å². The van der Waals surface area contributed by atoms with Gasteiger partial charge in [-0.2, -0.15) is 0 Å². The molecule has 0 bridgehead atoms. The molecule has 0 radical (unpaired) electrons. The first-order valence-electron chi connectivity index (χ1n) is 8.30. The summed E-state index contributed by atoms with van der Waals surface area (Å²) in [5, 5.41) is 5.51. The lowest BCUT2D eigenvalue weighted by Crippen LogP contribution is -2.41. The Balaban J connectivity index is 1.71. The van der Waals surface area contributed by atoms with Crippen LogP contribution in [-0.2, 0) is 9.53 Å². The Hall–Kier alpha value is -3.55. The van der Waals surface area contributed by atoms with E-state index in [1.54, 1.807) is 31.4 Å². The third-order valence-electron chi connectivity index (χ3n) is 4.06. The standard InChI is InChI=1S/C19H19N3O5/c1-26-15-9-7-14(8-10-15)20-18(24)21-16(13-5-3-2-4-6-13)11-22-17(23)12-27-19(22)25/h2-10,16H,11-12H2,1H3,(H2,20,21,24). The summed E-state index contributed by atoms with van der Waals surface area (Å²) in [5.74, 6) is 0.243. The molecular formula is C19H19N3O5. The molecule has 1 atom stereocenters. The Kier molecular flexibility index (Phi) is 5.55. The van der Waals surface area contributed by atoms with Crippen LogP contribution < -0.4 is 15.4 Å². The van der Waals surface area contributed by atoms with Crippen LogP contribution in [0.4, 0.5) is 15.3 Å². The van der Waals surface area contributed by atoms with Crippen molar-refractivity contribution in [3.63, 3.8) is 0 Å². The van der Waals surface area contributed by atoms with Crippen LogP contribution in [0.2, 0.25) is 0 Å². The molecule has 0 saturated carbocycles. The number of nitrogens with one attached hydrogen (secondary N) is 2. The van der Waals surface area contributed by atoms with E-state index in [0.717, 1.165) is 10.5 Å². The zero-order valence-electron chi connectivity index (χ0n) is 14.7. The van der Waals surface area contributed by atoms with E-state index >= 15 is 0 Å². The van der Waals surface area contributed by atoms with Gasteiger partial charge in [-0.05, 0) is 29.8 Å². The Bertz CT molecular complexity index is 807. The van der Waals surface area contributed by atoms with Crippen molar-refractivity contribution in [1.29, 1.82) is 0 Å². The van der Waals surface area contributed by atoms with Crippen LogP contribution in [0.25, 0.3) is 0 Å². The van der Waals surface area contributed by atoms with Crippen LogP contribution in [0.5, 0.6) is 5.75 Å². The molecule has 2 aromatic carbocycles. The zero-order chi connectivity index (χ0) is 19.2. The largest absolute Gasteiger partial charge is 0.497 e. The number of ether oxygens (including phenoxy) is 2. The van der Waals surface area contributed by atoms with Gasteiger partial charge in [0.25, 0.3) is 5.91 Å². The second kappa shape index (κ2) is 8.22. The van der Waals surface area contributed by atoms with Gasteiger partial charge in [0.15, 0.2) is 6.61 Å². The Labute approximate surface area is 156 Å². The molecule has 140 valence electrons. The van der Waals surface area contributed by atoms with Gasteiger partial charge >= 0.3 is 12.1 Å². The minimum atomic E-state index is -0.710. The molecule has 1 unspecified atom stereocenters. The highest BCUT2D eigenvalue weighted by atomic mass is 16.6. The summed E-state index contributed by atoms with van der Waals surface area (Å²) in [5.41, 5.74) is 1.34. The van der Waals surface area contributed by atoms with E-state index in [1.807, 2.05) is 30.3 Å². The van der Waals surface area contributed by atoms with Gasteiger partial charge in [-0.3, -0.25) is 4.79 Å². The number of hydrogen-bond donors (Lipinski definition) is 2. The van der Waals surface area contributed by atoms with Crippen LogP contribution in [0, 0.1) is 0 Å². The number of nitrogens with zero attached hydrogens (tertiary/aromatic N) is 1. The topological polar surface area (TPSA) is 97.0 Å². The summed E-state index contributed by atoms with van der Waals surface area (Å²) in [6.07, 6.45) is -0.710. The van der Waals surface area contributed by atoms with E-state index in [4.69, 9.17) is 9.47 Å². The molecule has 2 aromatic rings. The lowest BCUT2D eigenvalue weighted by molar-refractivity contribution is -0.126. The third kappa shape index (κ3) is 4.55. The van der Waals surface area contributed by atoms with Crippen molar-refractivity contribution in [1.82, 2.24) is 10.2 Å². The molecule has 8 heteroatoms. The summed E-state index contributed by atoms with van der Waals surface area (Å²) in [6.45, 7) is -0.296. The number of hydrogen-bond acceptors (Lipinski definition) is 5. The maximum atomic E-state index is 12.4. The molecule has 1 fully saturated rings. The highest BCUT2D eigenvalue weighted by Crippen LogP contribution is 2.19. The van der Waals surface area contributed by atoms with E-state index in [-0.39, 0.29) is 13.2 Å². The van der Waals surface area contributed by atoms with Crippen LogP contribution in [0.15, 0.2) is 54.6 Å². The number of carbonyl (C=O) groups is 3. The molecule has 27 heavy (non-hydrogen) atoms. The lowest BCUT2D eigenvalue weighted by Gasteiger charge is -2.23. The summed E-state index contributed by atoms with van der Waals surface area (Å²) in [4.78, 5) is 37.0. The highest BCUT2D eigenvalue weighted by molar-refractivity contribution is 5.98. The SMILES string of the molecule is COc1ccc(NC(=O)NC(CN2C(=O)COC2=O)c2ccccc2)cc1. The van der Waals surface area contributed by atoms with Crippen LogP contribution in [0.1, 0.15) is 11.6 Å². The number of methoxy groups -OCH3 is 1. The monoisotopic (exact) mass is 369 g/mol. The molecule has 1 heterocycles. The molecule has 8 nitrogen and oxygen atoms in total. The third-order valence-corrected chi connectivity index (χ3v) is 4.06.